The van der Waals surface area contributed by atoms with Gasteiger partial charge in [-0.1, -0.05) is 0 Å². The summed E-state index contributed by atoms with van der Waals surface area (Å²) in [5.41, 5.74) is 1.86. The Morgan fingerprint density at radius 1 is 0.750 bits per heavy atom. The molecule has 0 saturated carbocycles. The van der Waals surface area contributed by atoms with Crippen molar-refractivity contribution in [1.29, 1.82) is 0 Å². The van der Waals surface area contributed by atoms with E-state index in [1.165, 1.54) is 64.2 Å². The molecule has 20 heavy (non-hydrogen) atoms. The predicted octanol–water partition coefficient (Wildman–Crippen LogP) is 7.27. The van der Waals surface area contributed by atoms with Gasteiger partial charge in [0.25, 0.3) is 0 Å². The summed E-state index contributed by atoms with van der Waals surface area (Å²) < 4.78 is 7.11. The van der Waals surface area contributed by atoms with Crippen LogP contribution in [0.2, 0.25) is 13.3 Å². The first-order valence-electron chi connectivity index (χ1n) is 9.39. The molecule has 0 aromatic heterocycles. The molecule has 0 bridgehead atoms. The summed E-state index contributed by atoms with van der Waals surface area (Å²) in [7, 11) is 0. The van der Waals surface area contributed by atoms with Gasteiger partial charge in [-0.15, -0.1) is 0 Å². The zero-order valence-corrected chi connectivity index (χ0v) is 17.5. The molecular formula is C19H38Sn. The summed E-state index contributed by atoms with van der Waals surface area (Å²) in [6, 6.07) is 0. The average molecular weight is 385 g/mol. The van der Waals surface area contributed by atoms with Crippen LogP contribution >= 0.6 is 0 Å². The van der Waals surface area contributed by atoms with Gasteiger partial charge in [0.1, 0.15) is 0 Å². The van der Waals surface area contributed by atoms with Crippen LogP contribution in [-0.2, 0) is 0 Å². The summed E-state index contributed by atoms with van der Waals surface area (Å²) in [5.74, 6) is 0. The van der Waals surface area contributed by atoms with Crippen molar-refractivity contribution in [1.82, 2.24) is 0 Å². The van der Waals surface area contributed by atoms with Crippen LogP contribution in [0.25, 0.3) is 0 Å². The third-order valence-electron chi connectivity index (χ3n) is 5.41. The minimum atomic E-state index is -2.02. The van der Waals surface area contributed by atoms with Gasteiger partial charge >= 0.3 is 133 Å². The van der Waals surface area contributed by atoms with Crippen molar-refractivity contribution in [2.45, 2.75) is 105 Å². The van der Waals surface area contributed by atoms with Gasteiger partial charge in [0.15, 0.2) is 0 Å². The molecule has 0 radical (unpaired) electrons. The van der Waals surface area contributed by atoms with Gasteiger partial charge in [-0.05, 0) is 0 Å². The van der Waals surface area contributed by atoms with E-state index in [2.05, 4.69) is 31.3 Å². The Kier molecular flexibility index (Phi) is 9.57. The fraction of sp³-hybridized carbons (Fsp3) is 0.895. The van der Waals surface area contributed by atoms with E-state index in [1.807, 2.05) is 5.57 Å². The second kappa shape index (κ2) is 10.3. The topological polar surface area (TPSA) is 0 Å². The van der Waals surface area contributed by atoms with Crippen molar-refractivity contribution in [2.24, 2.45) is 0 Å². The Balaban J connectivity index is 2.98. The number of rotatable bonds is 10. The van der Waals surface area contributed by atoms with Crippen molar-refractivity contribution in [3.05, 3.63) is 9.16 Å². The average Bonchev–Trinajstić information content (AvgIpc) is 2.48. The zero-order chi connectivity index (χ0) is 14.8. The molecule has 0 amide bonds. The fourth-order valence-corrected chi connectivity index (χ4v) is 22.7. The van der Waals surface area contributed by atoms with Gasteiger partial charge < -0.3 is 0 Å². The summed E-state index contributed by atoms with van der Waals surface area (Å²) in [6.07, 6.45) is 14.6. The van der Waals surface area contributed by atoms with Gasteiger partial charge in [-0.25, -0.2) is 0 Å². The second-order valence-electron chi connectivity index (χ2n) is 7.06. The van der Waals surface area contributed by atoms with Crippen molar-refractivity contribution < 1.29 is 0 Å². The van der Waals surface area contributed by atoms with E-state index in [0.717, 1.165) is 0 Å². The molecule has 0 aromatic carbocycles. The molecule has 0 aromatic rings. The van der Waals surface area contributed by atoms with E-state index in [-0.39, 0.29) is 0 Å². The third kappa shape index (κ3) is 5.39. The quantitative estimate of drug-likeness (QED) is 0.347. The second-order valence-corrected chi connectivity index (χ2v) is 20.4. The molecular weight excluding hydrogens is 347 g/mol. The molecule has 0 saturated heterocycles. The van der Waals surface area contributed by atoms with Crippen LogP contribution in [0.4, 0.5) is 0 Å². The maximum absolute atomic E-state index is 2.49. The summed E-state index contributed by atoms with van der Waals surface area (Å²) in [6.45, 7) is 9.65. The Morgan fingerprint density at radius 3 is 1.60 bits per heavy atom. The van der Waals surface area contributed by atoms with Crippen molar-refractivity contribution in [3.63, 3.8) is 0 Å². The van der Waals surface area contributed by atoms with Gasteiger partial charge in [0, 0.05) is 0 Å². The van der Waals surface area contributed by atoms with Crippen LogP contribution in [0.5, 0.6) is 0 Å². The van der Waals surface area contributed by atoms with Crippen LogP contribution < -0.4 is 0 Å². The van der Waals surface area contributed by atoms with E-state index >= 15 is 0 Å². The molecule has 0 unspecified atom stereocenters. The molecule has 0 atom stereocenters. The van der Waals surface area contributed by atoms with E-state index in [9.17, 15) is 0 Å². The van der Waals surface area contributed by atoms with Gasteiger partial charge in [-0.3, -0.25) is 0 Å². The Bertz CT molecular complexity index is 268. The molecule has 0 N–H and O–H groups in total. The summed E-state index contributed by atoms with van der Waals surface area (Å²) >= 11 is -2.02. The van der Waals surface area contributed by atoms with Crippen molar-refractivity contribution >= 4 is 18.4 Å². The first kappa shape index (κ1) is 18.6. The molecule has 0 aliphatic heterocycles. The van der Waals surface area contributed by atoms with Crippen LogP contribution in [0.3, 0.4) is 0 Å². The monoisotopic (exact) mass is 386 g/mol. The van der Waals surface area contributed by atoms with Gasteiger partial charge in [0.05, 0.1) is 0 Å². The van der Waals surface area contributed by atoms with Crippen molar-refractivity contribution in [3.8, 4) is 0 Å². The molecule has 1 aliphatic carbocycles. The number of hydrogen-bond acceptors (Lipinski definition) is 0. The summed E-state index contributed by atoms with van der Waals surface area (Å²) in [5, 5.41) is 0. The Labute approximate surface area is 132 Å². The first-order chi connectivity index (χ1) is 9.70. The molecule has 1 rings (SSSR count). The van der Waals surface area contributed by atoms with Crippen molar-refractivity contribution in [2.75, 3.05) is 0 Å². The zero-order valence-electron chi connectivity index (χ0n) is 14.7. The number of hydrogen-bond donors (Lipinski definition) is 0. The van der Waals surface area contributed by atoms with E-state index in [1.54, 1.807) is 13.3 Å². The molecule has 1 heteroatoms. The van der Waals surface area contributed by atoms with Gasteiger partial charge in [0.2, 0.25) is 0 Å². The first-order valence-corrected chi connectivity index (χ1v) is 16.9. The minimum absolute atomic E-state index is 1.41. The van der Waals surface area contributed by atoms with Crippen LogP contribution in [0.1, 0.15) is 91.9 Å². The molecule has 1 aliphatic rings. The number of allylic oxidation sites excluding steroid dienone is 2. The summed E-state index contributed by atoms with van der Waals surface area (Å²) in [4.78, 5) is 0. The van der Waals surface area contributed by atoms with Crippen LogP contribution in [-0.4, -0.2) is 18.4 Å². The Morgan fingerprint density at radius 2 is 1.20 bits per heavy atom. The predicted molar refractivity (Wildman–Crippen MR) is 96.1 cm³/mol. The van der Waals surface area contributed by atoms with E-state index in [4.69, 9.17) is 0 Å². The normalized spacial score (nSPS) is 16.8. The maximum atomic E-state index is 2.49. The molecule has 0 spiro atoms. The Hall–Kier alpha value is 0.539. The number of unbranched alkanes of at least 4 members (excludes halogenated alkanes) is 3. The van der Waals surface area contributed by atoms with E-state index < -0.39 is 18.4 Å². The molecule has 0 heterocycles. The molecule has 0 fully saturated rings. The SMILES string of the molecule is CCC[CH2][Sn]([CH2]CCC)([CH2]CCC)[C]1=C(C)CCCC1. The standard InChI is InChI=1S/C7H11.3C4H9.Sn/c1-7-5-3-2-4-6-7;3*1-3-4-2;/h2-5H2,1H3;3*1,3-4H2,2H3;. The fourth-order valence-electron chi connectivity index (χ4n) is 4.15. The molecule has 118 valence electrons. The van der Waals surface area contributed by atoms with Crippen LogP contribution in [0.15, 0.2) is 9.16 Å². The van der Waals surface area contributed by atoms with E-state index in [0.29, 0.717) is 0 Å². The molecule has 0 nitrogen and oxygen atoms in total. The van der Waals surface area contributed by atoms with Gasteiger partial charge in [-0.2, -0.15) is 0 Å². The third-order valence-corrected chi connectivity index (χ3v) is 22.2. The van der Waals surface area contributed by atoms with Crippen LogP contribution in [0, 0.1) is 0 Å².